The third-order valence-corrected chi connectivity index (χ3v) is 7.50. The minimum absolute atomic E-state index is 0.202. The molecular weight excluding hydrogens is 710 g/mol. The van der Waals surface area contributed by atoms with E-state index < -0.39 is 5.91 Å². The van der Waals surface area contributed by atoms with Crippen LogP contribution in [0, 0.1) is 14.1 Å². The lowest BCUT2D eigenvalue weighted by Gasteiger charge is -2.17. The molecule has 0 aliphatic carbocycles. The number of methoxy groups -OCH3 is 1. The highest BCUT2D eigenvalue weighted by Crippen LogP contribution is 2.34. The van der Waals surface area contributed by atoms with E-state index in [0.717, 1.165) is 35.1 Å². The number of carbonyl (C=O) groups is 1. The maximum atomic E-state index is 13.7. The Morgan fingerprint density at radius 2 is 1.84 bits per heavy atom. The smallest absolute Gasteiger partial charge is 0.282 e. The van der Waals surface area contributed by atoms with Crippen LogP contribution in [0.25, 0.3) is 22.3 Å². The normalized spacial score (nSPS) is 11.4. The summed E-state index contributed by atoms with van der Waals surface area (Å²) in [6.45, 7) is 5.94. The average molecular weight is 736 g/mol. The van der Waals surface area contributed by atoms with Crippen LogP contribution in [0.5, 0.6) is 11.5 Å². The van der Waals surface area contributed by atoms with Gasteiger partial charge >= 0.3 is 0 Å². The van der Waals surface area contributed by atoms with E-state index in [4.69, 9.17) is 20.2 Å². The van der Waals surface area contributed by atoms with Crippen LogP contribution in [-0.4, -0.2) is 35.5 Å². The van der Waals surface area contributed by atoms with Gasteiger partial charge in [-0.15, -0.1) is 0 Å². The van der Waals surface area contributed by atoms with Crippen LogP contribution in [0.4, 0.5) is 0 Å². The Labute approximate surface area is 247 Å². The van der Waals surface area contributed by atoms with Gasteiger partial charge in [-0.05, 0) is 111 Å². The molecule has 0 spiro atoms. The Kier molecular flexibility index (Phi) is 8.71. The van der Waals surface area contributed by atoms with Crippen LogP contribution < -0.4 is 20.8 Å². The first-order valence-electron chi connectivity index (χ1n) is 11.8. The number of nitrogens with two attached hydrogens (primary N) is 1. The maximum absolute atomic E-state index is 13.7. The third-order valence-electron chi connectivity index (χ3n) is 5.90. The van der Waals surface area contributed by atoms with E-state index >= 15 is 0 Å². The molecule has 3 aromatic carbocycles. The molecule has 0 aliphatic heterocycles. The van der Waals surface area contributed by atoms with Crippen LogP contribution in [0.2, 0.25) is 0 Å². The van der Waals surface area contributed by atoms with Gasteiger partial charge < -0.3 is 15.2 Å². The Morgan fingerprint density at radius 3 is 2.47 bits per heavy atom. The van der Waals surface area contributed by atoms with Gasteiger partial charge in [-0.3, -0.25) is 9.59 Å². The molecule has 10 heteroatoms. The van der Waals surface area contributed by atoms with E-state index in [2.05, 4.69) is 64.1 Å². The van der Waals surface area contributed by atoms with Gasteiger partial charge in [0.1, 0.15) is 11.5 Å². The number of aromatic nitrogens is 2. The lowest BCUT2D eigenvalue weighted by Crippen LogP contribution is -2.21. The van der Waals surface area contributed by atoms with E-state index in [1.807, 2.05) is 49.4 Å². The second kappa shape index (κ2) is 11.8. The van der Waals surface area contributed by atoms with Crippen LogP contribution in [0.15, 0.2) is 58.4 Å². The number of fused-ring (bicyclic) bond motifs is 1. The number of para-hydroxylation sites is 1. The van der Waals surface area contributed by atoms with Crippen molar-refractivity contribution in [2.75, 3.05) is 13.7 Å². The first-order chi connectivity index (χ1) is 18.1. The Morgan fingerprint density at radius 1 is 1.16 bits per heavy atom. The number of primary amides is 1. The van der Waals surface area contributed by atoms with Crippen LogP contribution in [0.3, 0.4) is 0 Å². The number of amides is 1. The second-order valence-electron chi connectivity index (χ2n) is 8.95. The first kappa shape index (κ1) is 28.0. The fraction of sp³-hybridized carbons (Fsp3) is 0.214. The zero-order chi connectivity index (χ0) is 27.6. The summed E-state index contributed by atoms with van der Waals surface area (Å²) < 4.78 is 14.1. The predicted octanol–water partition coefficient (Wildman–Crippen LogP) is 5.46. The monoisotopic (exact) mass is 736 g/mol. The van der Waals surface area contributed by atoms with Crippen molar-refractivity contribution in [3.63, 3.8) is 0 Å². The van der Waals surface area contributed by atoms with E-state index in [1.165, 1.54) is 4.68 Å². The van der Waals surface area contributed by atoms with Crippen molar-refractivity contribution in [2.24, 2.45) is 10.8 Å². The van der Waals surface area contributed by atoms with Gasteiger partial charge in [0.25, 0.3) is 11.5 Å². The minimum Gasteiger partial charge on any atom is -0.496 e. The quantitative estimate of drug-likeness (QED) is 0.191. The molecule has 38 heavy (non-hydrogen) atoms. The topological polar surface area (TPSA) is 109 Å². The van der Waals surface area contributed by atoms with Gasteiger partial charge in [0.2, 0.25) is 0 Å². The molecule has 0 radical (unpaired) electrons. The van der Waals surface area contributed by atoms with Crippen molar-refractivity contribution in [1.29, 1.82) is 0 Å². The highest BCUT2D eigenvalue weighted by atomic mass is 127. The molecule has 1 aromatic heterocycles. The van der Waals surface area contributed by atoms with Crippen LogP contribution in [0.1, 0.15) is 36.5 Å². The van der Waals surface area contributed by atoms with Gasteiger partial charge in [-0.1, -0.05) is 26.0 Å². The van der Waals surface area contributed by atoms with Crippen molar-refractivity contribution in [3.8, 4) is 22.9 Å². The highest BCUT2D eigenvalue weighted by molar-refractivity contribution is 14.1. The summed E-state index contributed by atoms with van der Waals surface area (Å²) in [7, 11) is 1.65. The number of rotatable bonds is 8. The number of hydrogen-bond acceptors (Lipinski definition) is 6. The first-order valence-corrected chi connectivity index (χ1v) is 13.9. The molecule has 4 aromatic rings. The maximum Gasteiger partial charge on any atom is 0.282 e. The van der Waals surface area contributed by atoms with Crippen LogP contribution in [-0.2, 0) is 4.79 Å². The summed E-state index contributed by atoms with van der Waals surface area (Å²) in [6.07, 6.45) is 1.62. The van der Waals surface area contributed by atoms with Crippen molar-refractivity contribution >= 4 is 68.2 Å². The van der Waals surface area contributed by atoms with E-state index in [0.29, 0.717) is 22.5 Å². The second-order valence-corrected chi connectivity index (χ2v) is 11.3. The summed E-state index contributed by atoms with van der Waals surface area (Å²) in [4.78, 5) is 29.7. The number of hydrogen-bond donors (Lipinski definition) is 1. The number of ether oxygens (including phenoxy) is 2. The Balaban J connectivity index is 1.89. The number of nitrogens with zero attached hydrogens (tertiary/aromatic N) is 3. The summed E-state index contributed by atoms with van der Waals surface area (Å²) >= 11 is 4.26. The third kappa shape index (κ3) is 5.85. The largest absolute Gasteiger partial charge is 0.496 e. The van der Waals surface area contributed by atoms with Gasteiger partial charge in [0, 0.05) is 5.56 Å². The van der Waals surface area contributed by atoms with E-state index in [-0.39, 0.29) is 18.1 Å². The SMILES string of the molecule is COc1cc(C)c(-c2nc3ccccc3c(=O)n2N=Cc2cc(I)c(OCC(N)=O)c(I)c2)cc1C(C)C. The van der Waals surface area contributed by atoms with Gasteiger partial charge in [0.15, 0.2) is 12.4 Å². The number of aryl methyl sites for hydroxylation is 1. The lowest BCUT2D eigenvalue weighted by molar-refractivity contribution is -0.119. The zero-order valence-corrected chi connectivity index (χ0v) is 25.6. The molecule has 1 heterocycles. The molecule has 8 nitrogen and oxygen atoms in total. The summed E-state index contributed by atoms with van der Waals surface area (Å²) in [5.41, 5.74) is 9.03. The molecule has 196 valence electrons. The van der Waals surface area contributed by atoms with E-state index in [1.54, 1.807) is 19.4 Å². The van der Waals surface area contributed by atoms with Gasteiger partial charge in [-0.2, -0.15) is 9.78 Å². The number of halogens is 2. The van der Waals surface area contributed by atoms with Gasteiger partial charge in [-0.25, -0.2) is 4.98 Å². The molecule has 0 saturated heterocycles. The predicted molar refractivity (Wildman–Crippen MR) is 166 cm³/mol. The Hall–Kier alpha value is -3.00. The summed E-state index contributed by atoms with van der Waals surface area (Å²) in [5, 5.41) is 5.09. The molecule has 0 aliphatic rings. The number of carbonyl (C=O) groups excluding carboxylic acids is 1. The molecule has 0 saturated carbocycles. The number of benzene rings is 3. The zero-order valence-electron chi connectivity index (χ0n) is 21.3. The van der Waals surface area contributed by atoms with Crippen molar-refractivity contribution in [1.82, 2.24) is 9.66 Å². The van der Waals surface area contributed by atoms with Crippen molar-refractivity contribution < 1.29 is 14.3 Å². The summed E-state index contributed by atoms with van der Waals surface area (Å²) in [5.74, 6) is 1.46. The summed E-state index contributed by atoms with van der Waals surface area (Å²) in [6, 6.07) is 15.0. The molecule has 2 N–H and O–H groups in total. The molecule has 4 rings (SSSR count). The molecule has 1 amide bonds. The molecule has 0 unspecified atom stereocenters. The minimum atomic E-state index is -0.549. The molecule has 0 fully saturated rings. The molecule has 0 bridgehead atoms. The fourth-order valence-electron chi connectivity index (χ4n) is 4.03. The highest BCUT2D eigenvalue weighted by Gasteiger charge is 2.18. The molecule has 0 atom stereocenters. The molecular formula is C28H26I2N4O4. The fourth-order valence-corrected chi connectivity index (χ4v) is 6.16. The van der Waals surface area contributed by atoms with Crippen LogP contribution >= 0.6 is 45.2 Å². The Bertz CT molecular complexity index is 1610. The average Bonchev–Trinajstić information content (AvgIpc) is 2.87. The van der Waals surface area contributed by atoms with E-state index in [9.17, 15) is 9.59 Å². The van der Waals surface area contributed by atoms with Crippen molar-refractivity contribution in [3.05, 3.63) is 82.7 Å². The standard InChI is InChI=1S/C28H26I2N4O4/c1-15(2)19-12-20(16(3)9-24(19)37-4)27-33-23-8-6-5-7-18(23)28(36)34(27)32-13-17-10-21(29)26(22(30)11-17)38-14-25(31)35/h5-13,15H,14H2,1-4H3,(H2,31,35). The van der Waals surface area contributed by atoms with Crippen molar-refractivity contribution in [2.45, 2.75) is 26.7 Å². The lowest BCUT2D eigenvalue weighted by atomic mass is 9.96. The van der Waals surface area contributed by atoms with Gasteiger partial charge in [0.05, 0.1) is 31.4 Å².